The number of aliphatic hydroxyl groups is 1. The molecule has 1 N–H and O–H groups in total. The fraction of sp³-hybridized carbons (Fsp3) is 0.320. The van der Waals surface area contributed by atoms with E-state index in [-0.39, 0.29) is 37.2 Å². The van der Waals surface area contributed by atoms with Crippen molar-refractivity contribution in [2.24, 2.45) is 0 Å². The van der Waals surface area contributed by atoms with Crippen molar-refractivity contribution in [2.75, 3.05) is 18.0 Å². The normalized spacial score (nSPS) is 15.4. The summed E-state index contributed by atoms with van der Waals surface area (Å²) in [5.41, 5.74) is -0.956. The van der Waals surface area contributed by atoms with Gasteiger partial charge in [-0.05, 0) is 53.7 Å². The number of carbonyl (C=O) groups excluding carboxylic acids is 2. The van der Waals surface area contributed by atoms with Crippen LogP contribution in [0.25, 0.3) is 5.69 Å². The van der Waals surface area contributed by atoms with E-state index in [0.717, 1.165) is 22.5 Å². The van der Waals surface area contributed by atoms with Gasteiger partial charge in [-0.3, -0.25) is 9.69 Å². The minimum absolute atomic E-state index is 0. The number of rotatable bonds is 9. The predicted octanol–water partition coefficient (Wildman–Crippen LogP) is -1.64. The third-order valence-electron chi connectivity index (χ3n) is 6.67. The van der Waals surface area contributed by atoms with Crippen molar-refractivity contribution in [1.82, 2.24) is 34.9 Å². The molecule has 5 rings (SSSR count). The number of urea groups is 1. The molecule has 13 nitrogen and oxygen atoms in total. The van der Waals surface area contributed by atoms with Crippen LogP contribution in [0.4, 0.5) is 19.3 Å². The molecule has 0 bridgehead atoms. The number of amides is 2. The summed E-state index contributed by atoms with van der Waals surface area (Å²) >= 11 is 0. The highest BCUT2D eigenvalue weighted by atomic mass is 35.5. The number of benzene rings is 2. The quantitative estimate of drug-likeness (QED) is 0.182. The lowest BCUT2D eigenvalue weighted by molar-refractivity contribution is -0.728. The summed E-state index contributed by atoms with van der Waals surface area (Å²) in [6.45, 7) is 3.53. The third kappa shape index (κ3) is 6.00. The summed E-state index contributed by atoms with van der Waals surface area (Å²) in [5.74, 6) is -2.30. The van der Waals surface area contributed by atoms with Crippen molar-refractivity contribution < 1.29 is 45.2 Å². The maximum Gasteiger partial charge on any atom is 0.324 e. The van der Waals surface area contributed by atoms with E-state index >= 15 is 0 Å². The molecule has 3 heterocycles. The number of tetrazole rings is 1. The molecule has 0 radical (unpaired) electrons. The molecule has 216 valence electrons. The van der Waals surface area contributed by atoms with Crippen LogP contribution in [0.1, 0.15) is 25.8 Å². The van der Waals surface area contributed by atoms with E-state index in [1.54, 1.807) is 41.0 Å². The molecule has 1 saturated heterocycles. The van der Waals surface area contributed by atoms with Gasteiger partial charge in [0, 0.05) is 49.3 Å². The number of nitrogens with zero attached hydrogens (tertiary/aromatic N) is 9. The number of carbonyl (C=O) groups is 2. The van der Waals surface area contributed by atoms with Gasteiger partial charge in [0.2, 0.25) is 13.1 Å². The summed E-state index contributed by atoms with van der Waals surface area (Å²) in [6.07, 6.45) is 3.91. The van der Waals surface area contributed by atoms with Gasteiger partial charge >= 0.3 is 12.0 Å². The Hall–Kier alpha value is -4.50. The van der Waals surface area contributed by atoms with Gasteiger partial charge in [0.25, 0.3) is 12.1 Å². The van der Waals surface area contributed by atoms with Gasteiger partial charge in [-0.2, -0.15) is 0 Å². The van der Waals surface area contributed by atoms with Crippen LogP contribution in [0.3, 0.4) is 0 Å². The molecule has 1 fully saturated rings. The minimum atomic E-state index is -2.11. The second-order valence-electron chi connectivity index (χ2n) is 9.36. The van der Waals surface area contributed by atoms with Gasteiger partial charge in [-0.1, -0.05) is 4.68 Å². The molecule has 2 aromatic carbocycles. The van der Waals surface area contributed by atoms with E-state index in [9.17, 15) is 23.5 Å². The first-order valence-corrected chi connectivity index (χ1v) is 12.3. The average Bonchev–Trinajstić information content (AvgIpc) is 3.69. The number of esters is 1. The Labute approximate surface area is 239 Å². The number of hydrogen-bond acceptors (Lipinski definition) is 8. The first-order valence-electron chi connectivity index (χ1n) is 12.3. The Morgan fingerprint density at radius 3 is 2.56 bits per heavy atom. The molecular weight excluding hydrogens is 564 g/mol. The maximum absolute atomic E-state index is 15.0. The molecule has 1 aliphatic heterocycles. The van der Waals surface area contributed by atoms with Crippen molar-refractivity contribution in [1.29, 1.82) is 0 Å². The van der Waals surface area contributed by atoms with E-state index in [4.69, 9.17) is 4.74 Å². The van der Waals surface area contributed by atoms with Crippen LogP contribution in [0.2, 0.25) is 0 Å². The number of ether oxygens (including phenoxy) is 1. The van der Waals surface area contributed by atoms with Crippen molar-refractivity contribution in [3.63, 3.8) is 0 Å². The second kappa shape index (κ2) is 11.9. The Morgan fingerprint density at radius 2 is 1.90 bits per heavy atom. The molecule has 16 heteroatoms. The van der Waals surface area contributed by atoms with Crippen LogP contribution >= 0.6 is 0 Å². The van der Waals surface area contributed by atoms with Gasteiger partial charge in [-0.25, -0.2) is 22.8 Å². The molecule has 2 amide bonds. The van der Waals surface area contributed by atoms with Crippen LogP contribution < -0.4 is 21.9 Å². The minimum Gasteiger partial charge on any atom is -1.00 e. The predicted molar refractivity (Wildman–Crippen MR) is 133 cm³/mol. The van der Waals surface area contributed by atoms with E-state index in [1.807, 2.05) is 0 Å². The van der Waals surface area contributed by atoms with Gasteiger partial charge in [-0.15, -0.1) is 5.10 Å². The van der Waals surface area contributed by atoms with Crippen molar-refractivity contribution in [3.05, 3.63) is 78.6 Å². The monoisotopic (exact) mass is 589 g/mol. The molecule has 2 aromatic heterocycles. The van der Waals surface area contributed by atoms with Gasteiger partial charge in [0.1, 0.15) is 18.0 Å². The Bertz CT molecular complexity index is 1520. The van der Waals surface area contributed by atoms with E-state index in [0.29, 0.717) is 24.8 Å². The number of hydrogen-bond donors (Lipinski definition) is 1. The molecule has 2 atom stereocenters. The van der Waals surface area contributed by atoms with E-state index < -0.39 is 29.4 Å². The Morgan fingerprint density at radius 1 is 1.17 bits per heavy atom. The fourth-order valence-electron chi connectivity index (χ4n) is 4.68. The first kappa shape index (κ1) is 29.5. The number of halogens is 3. The standard InChI is InChI=1S/C25H26F2N9O4.ClH/c1-17(33-9-10-34(24(33)38)20-4-6-21(7-5-20)35-13-28-30-31-35)12-25(39,22-8-3-19(26)11-23(22)27)36-15-32(14-29-36)16-40-18(2)37;/h3-8,11,13-15,17,39H,9-10,12,16H2,1-2H3;1H/q+1;/p-1/t17-,25?;/m1./s1. The molecule has 1 unspecified atom stereocenters. The zero-order valence-corrected chi connectivity index (χ0v) is 22.8. The smallest absolute Gasteiger partial charge is 0.324 e. The summed E-state index contributed by atoms with van der Waals surface area (Å²) in [5, 5.41) is 27.1. The molecule has 0 aliphatic carbocycles. The lowest BCUT2D eigenvalue weighted by Gasteiger charge is -2.31. The summed E-state index contributed by atoms with van der Waals surface area (Å²) < 4.78 is 37.6. The molecule has 1 aliphatic rings. The van der Waals surface area contributed by atoms with Crippen molar-refractivity contribution in [2.45, 2.75) is 38.8 Å². The zero-order valence-electron chi connectivity index (χ0n) is 22.0. The summed E-state index contributed by atoms with van der Waals surface area (Å²) in [6, 6.07) is 9.06. The largest absolute Gasteiger partial charge is 1.00 e. The number of aromatic nitrogens is 7. The first-order chi connectivity index (χ1) is 19.2. The molecule has 0 spiro atoms. The highest BCUT2D eigenvalue weighted by molar-refractivity contribution is 5.94. The SMILES string of the molecule is CC(=O)OC[n+]1cnn(C(O)(C[C@@H](C)N2CCN(c3ccc(-n4cnnn4)cc3)C2=O)c2ccc(F)cc2F)c1.[Cl-]. The highest BCUT2D eigenvalue weighted by Crippen LogP contribution is 2.33. The second-order valence-corrected chi connectivity index (χ2v) is 9.36. The average molecular weight is 590 g/mol. The van der Waals surface area contributed by atoms with Gasteiger partial charge < -0.3 is 27.2 Å². The van der Waals surface area contributed by atoms with E-state index in [1.165, 1.54) is 35.2 Å². The zero-order chi connectivity index (χ0) is 28.4. The summed E-state index contributed by atoms with van der Waals surface area (Å²) in [4.78, 5) is 27.8. The van der Waals surface area contributed by atoms with Crippen molar-refractivity contribution in [3.8, 4) is 5.69 Å². The number of anilines is 1. The van der Waals surface area contributed by atoms with Gasteiger partial charge in [0.15, 0.2) is 0 Å². The summed E-state index contributed by atoms with van der Waals surface area (Å²) in [7, 11) is 0. The molecular formula is C25H26ClF2N9O4. The maximum atomic E-state index is 15.0. The lowest BCUT2D eigenvalue weighted by Crippen LogP contribution is -3.00. The third-order valence-corrected chi connectivity index (χ3v) is 6.67. The van der Waals surface area contributed by atoms with Gasteiger partial charge in [0.05, 0.1) is 11.3 Å². The topological polar surface area (TPSA) is 135 Å². The van der Waals surface area contributed by atoms with E-state index in [2.05, 4.69) is 20.6 Å². The van der Waals surface area contributed by atoms with Crippen LogP contribution in [0.5, 0.6) is 0 Å². The Balaban J connectivity index is 0.00000387. The van der Waals surface area contributed by atoms with Crippen LogP contribution in [0.15, 0.2) is 61.4 Å². The van der Waals surface area contributed by atoms with Crippen LogP contribution in [-0.2, 0) is 22.0 Å². The Kier molecular flexibility index (Phi) is 8.58. The molecule has 41 heavy (non-hydrogen) atoms. The van der Waals surface area contributed by atoms with Crippen LogP contribution in [0, 0.1) is 11.6 Å². The highest BCUT2D eigenvalue weighted by Gasteiger charge is 2.45. The lowest BCUT2D eigenvalue weighted by atomic mass is 9.94. The van der Waals surface area contributed by atoms with Crippen LogP contribution in [-0.4, -0.2) is 71.1 Å². The fourth-order valence-corrected chi connectivity index (χ4v) is 4.68. The molecule has 0 saturated carbocycles. The molecule has 4 aromatic rings. The van der Waals surface area contributed by atoms with Crippen molar-refractivity contribution >= 4 is 17.7 Å².